The maximum Gasteiger partial charge on any atom is 0.411 e. The number of hydrogen-bond donors (Lipinski definition) is 3. The highest BCUT2D eigenvalue weighted by Crippen LogP contribution is 2.43. The van der Waals surface area contributed by atoms with Gasteiger partial charge in [-0.25, -0.2) is 14.8 Å². The zero-order chi connectivity index (χ0) is 36.3. The number of carbonyl (C=O) groups is 3. The Kier molecular flexibility index (Phi) is 20.7. The molecule has 0 radical (unpaired) electrons. The second-order valence-electron chi connectivity index (χ2n) is 13.3. The van der Waals surface area contributed by atoms with E-state index in [1.165, 1.54) is 30.6 Å². The van der Waals surface area contributed by atoms with Crippen molar-refractivity contribution in [2.75, 3.05) is 10.6 Å². The van der Waals surface area contributed by atoms with Crippen LogP contribution in [0.15, 0.2) is 36.4 Å². The van der Waals surface area contributed by atoms with E-state index in [4.69, 9.17) is 4.74 Å². The van der Waals surface area contributed by atoms with Crippen molar-refractivity contribution in [1.29, 1.82) is 0 Å². The lowest BCUT2D eigenvalue weighted by Gasteiger charge is -2.35. The van der Waals surface area contributed by atoms with Gasteiger partial charge in [0.1, 0.15) is 23.3 Å². The predicted octanol–water partition coefficient (Wildman–Crippen LogP) is 5.62. The predicted molar refractivity (Wildman–Crippen MR) is 237 cm³/mol. The normalized spacial score (nSPS) is 23.0. The zero-order valence-electron chi connectivity index (χ0n) is 28.7. The number of carbonyl (C=O) groups excluding carboxylic acids is 3. The van der Waals surface area contributed by atoms with Gasteiger partial charge in [-0.3, -0.25) is 14.5 Å². The van der Waals surface area contributed by atoms with Gasteiger partial charge in [0, 0.05) is 108 Å². The Labute approximate surface area is 343 Å². The largest absolute Gasteiger partial charge is 0.444 e. The van der Waals surface area contributed by atoms with Crippen LogP contribution < -0.4 is 16.0 Å². The number of piperidine rings is 2. The van der Waals surface area contributed by atoms with Crippen molar-refractivity contribution >= 4 is 126 Å². The minimum Gasteiger partial charge on any atom is -0.444 e. The van der Waals surface area contributed by atoms with Crippen molar-refractivity contribution in [1.82, 2.24) is 20.2 Å². The molecule has 2 aliphatic carbocycles. The van der Waals surface area contributed by atoms with Crippen molar-refractivity contribution < 1.29 is 19.1 Å². The first-order chi connectivity index (χ1) is 23.9. The number of nitrogens with one attached hydrogen (secondary N) is 3. The lowest BCUT2D eigenvalue weighted by molar-refractivity contribution is -0.122. The number of pyridine rings is 2. The van der Waals surface area contributed by atoms with Crippen LogP contribution in [0, 0.1) is 25.7 Å². The summed E-state index contributed by atoms with van der Waals surface area (Å²) in [6.07, 6.45) is 5.94. The molecule has 6 rings (SSSR count). The van der Waals surface area contributed by atoms with E-state index in [0.29, 0.717) is 23.6 Å². The maximum absolute atomic E-state index is 12.8. The third-order valence-electron chi connectivity index (χ3n) is 8.55. The molecule has 0 aromatic carbocycles. The second-order valence-corrected chi connectivity index (χ2v) is 25.6. The molecule has 10 nitrogen and oxygen atoms in total. The highest BCUT2D eigenvalue weighted by Gasteiger charge is 2.52. The number of fused-ring (bicyclic) bond motifs is 4. The van der Waals surface area contributed by atoms with Gasteiger partial charge in [-0.1, -0.05) is 19.6 Å². The average Bonchev–Trinajstić information content (AvgIpc) is 3.87. The van der Waals surface area contributed by atoms with Crippen LogP contribution in [0.2, 0.25) is 0 Å². The van der Waals surface area contributed by atoms with E-state index in [2.05, 4.69) is 48.3 Å². The number of aryl methyl sites for hydroxylation is 2. The van der Waals surface area contributed by atoms with E-state index in [-0.39, 0.29) is 49.6 Å². The Morgan fingerprint density at radius 2 is 1.35 bits per heavy atom. The van der Waals surface area contributed by atoms with Gasteiger partial charge < -0.3 is 20.7 Å². The molecule has 2 aromatic rings. The summed E-state index contributed by atoms with van der Waals surface area (Å²) in [5.74, 6) is 1.78. The molecule has 3 N–H and O–H groups in total. The van der Waals surface area contributed by atoms with Crippen LogP contribution in [0.5, 0.6) is 0 Å². The highest BCUT2D eigenvalue weighted by molar-refractivity contribution is 8.72. The molecule has 2 saturated carbocycles. The Morgan fingerprint density at radius 3 is 1.83 bits per heavy atom. The summed E-state index contributed by atoms with van der Waals surface area (Å²) in [6, 6.07) is 11.3. The number of halogens is 1. The molecular weight excluding hydrogens is 856 g/mol. The smallest absolute Gasteiger partial charge is 0.411 e. The summed E-state index contributed by atoms with van der Waals surface area (Å²) >= 11 is 9.27. The minimum atomic E-state index is -0.571. The van der Waals surface area contributed by atoms with Crippen LogP contribution in [0.3, 0.4) is 0 Å². The molecule has 290 valence electrons. The van der Waals surface area contributed by atoms with Gasteiger partial charge in [-0.05, 0) is 109 Å². The fraction of sp³-hybridized carbons (Fsp3) is 0.594. The van der Waals surface area contributed by atoms with Crippen molar-refractivity contribution in [3.8, 4) is 0 Å². The van der Waals surface area contributed by atoms with E-state index >= 15 is 0 Å². The Morgan fingerprint density at radius 1 is 0.808 bits per heavy atom. The highest BCUT2D eigenvalue weighted by atomic mass is 35.5. The molecular formula is C32H47ClN6O4S9. The van der Waals surface area contributed by atoms with E-state index in [1.807, 2.05) is 65.0 Å². The summed E-state index contributed by atoms with van der Waals surface area (Å²) in [4.78, 5) is 47.7. The van der Waals surface area contributed by atoms with Crippen molar-refractivity contribution in [2.45, 2.75) is 110 Å². The first-order valence-corrected chi connectivity index (χ1v) is 26.7. The maximum atomic E-state index is 12.8. The first kappa shape index (κ1) is 46.9. The lowest BCUT2D eigenvalue weighted by Crippen LogP contribution is -2.52. The van der Waals surface area contributed by atoms with Gasteiger partial charge in [0.2, 0.25) is 11.8 Å². The van der Waals surface area contributed by atoms with Gasteiger partial charge in [-0.2, -0.15) is 0 Å². The van der Waals surface area contributed by atoms with Gasteiger partial charge in [0.25, 0.3) is 0 Å². The van der Waals surface area contributed by atoms with Crippen LogP contribution >= 0.6 is 12.4 Å². The van der Waals surface area contributed by atoms with Crippen molar-refractivity contribution in [3.63, 3.8) is 0 Å². The van der Waals surface area contributed by atoms with E-state index in [0.717, 1.165) is 37.1 Å². The summed E-state index contributed by atoms with van der Waals surface area (Å²) in [6.45, 7) is 9.31. The molecule has 2 saturated heterocycles. The Bertz CT molecular complexity index is 1840. The third kappa shape index (κ3) is 14.4. The molecule has 52 heavy (non-hydrogen) atoms. The second kappa shape index (κ2) is 23.0. The molecule has 3 amide bonds. The molecule has 4 fully saturated rings. The summed E-state index contributed by atoms with van der Waals surface area (Å²) in [5.41, 5.74) is 1.19. The van der Waals surface area contributed by atoms with Gasteiger partial charge in [0.15, 0.2) is 0 Å². The Balaban J connectivity index is 0.000000293. The quantitative estimate of drug-likeness (QED) is 0.359. The summed E-state index contributed by atoms with van der Waals surface area (Å²) in [7, 11) is 10.9. The summed E-state index contributed by atoms with van der Waals surface area (Å²) < 4.78 is 5.52. The van der Waals surface area contributed by atoms with E-state index < -0.39 is 17.7 Å². The number of anilines is 2. The molecule has 4 heterocycles. The molecule has 4 bridgehead atoms. The summed E-state index contributed by atoms with van der Waals surface area (Å²) in [5, 5.41) is 9.14. The standard InChI is InChI=1S/C18H25N3O3.C13H17N3O.CH4.ClH.S9/c1-11-6-5-7-14(19-11)20-16(22)15-12-8-9-13(10-12)21(15)17(23)24-18(2,3)4;1-8-3-2-4-11(14-8)16-13(17)12-9-5-6-10(7-9)15-12;;;1-3-5-7-9-8-6-4-2/h5-7,12-13,15H,8-10H2,1-4H3,(H,19,20,22);2-4,9-10,12,15H,5-7H2,1H3,(H,14,16,17);1H4;1H;/t12?,13?,15-;9?,10?,12-;;;/m00.../s1. The van der Waals surface area contributed by atoms with Crippen LogP contribution in [0.25, 0.3) is 0 Å². The fourth-order valence-corrected chi connectivity index (χ4v) is 20.5. The number of amides is 3. The average molecular weight is 904 g/mol. The number of rotatable bonds is 4. The molecule has 2 aliphatic heterocycles. The van der Waals surface area contributed by atoms with E-state index in [9.17, 15) is 14.4 Å². The zero-order valence-corrected chi connectivity index (χ0v) is 36.9. The van der Waals surface area contributed by atoms with Crippen LogP contribution in [-0.4, -0.2) is 62.5 Å². The molecule has 4 unspecified atom stereocenters. The number of hydrogen-bond acceptors (Lipinski definition) is 9. The van der Waals surface area contributed by atoms with E-state index in [1.54, 1.807) is 55.4 Å². The number of ether oxygens (including phenoxy) is 1. The van der Waals surface area contributed by atoms with Crippen molar-refractivity contribution in [3.05, 3.63) is 47.8 Å². The molecule has 4 aliphatic rings. The molecule has 0 spiro atoms. The number of aromatic nitrogens is 2. The lowest BCUT2D eigenvalue weighted by atomic mass is 9.98. The minimum absolute atomic E-state index is 0. The number of likely N-dealkylation sites (tertiary alicyclic amines) is 1. The topological polar surface area (TPSA) is 126 Å². The van der Waals surface area contributed by atoms with Gasteiger partial charge in [0.05, 0.1) is 6.04 Å². The van der Waals surface area contributed by atoms with Crippen LogP contribution in [-0.2, 0) is 98.9 Å². The third-order valence-corrected chi connectivity index (χ3v) is 21.9. The molecule has 20 heteroatoms. The van der Waals surface area contributed by atoms with Crippen LogP contribution in [0.1, 0.15) is 78.1 Å². The monoisotopic (exact) mass is 902 g/mol. The molecule has 2 aromatic heterocycles. The van der Waals surface area contributed by atoms with Gasteiger partial charge >= 0.3 is 6.09 Å². The molecule has 6 atom stereocenters. The first-order valence-electron chi connectivity index (χ1n) is 16.1. The van der Waals surface area contributed by atoms with Gasteiger partial charge in [-0.15, -0.1) is 12.4 Å². The number of nitrogens with zero attached hydrogens (tertiary/aromatic N) is 3. The fourth-order valence-electron chi connectivity index (χ4n) is 6.74. The SMILES string of the molecule is C.Cc1cccc(NC(=O)[C@@H]2C3CCC(C3)N2C(=O)OC(C)(C)C)n1.Cc1cccc(NC(=O)[C@H]2NC3CCC2C3)n1.Cl.S=S=S=S=S=S=S=S=S. The van der Waals surface area contributed by atoms with Crippen molar-refractivity contribution in [2.24, 2.45) is 11.8 Å². The Hall–Kier alpha value is -1.26. The van der Waals surface area contributed by atoms with Crippen LogP contribution in [0.4, 0.5) is 16.4 Å².